The number of aromatic nitrogens is 4. The van der Waals surface area contributed by atoms with Crippen LogP contribution < -0.4 is 16.6 Å². The number of rotatable bonds is 10. The third-order valence-electron chi connectivity index (χ3n) is 5.66. The van der Waals surface area contributed by atoms with Gasteiger partial charge in [0.25, 0.3) is 11.5 Å². The molecule has 2 aromatic carbocycles. The number of anilines is 1. The molecular weight excluding hydrogens is 476 g/mol. The molecule has 0 aliphatic rings. The highest BCUT2D eigenvalue weighted by Crippen LogP contribution is 2.19. The van der Waals surface area contributed by atoms with Gasteiger partial charge in [-0.25, -0.2) is 9.67 Å². The maximum Gasteiger partial charge on any atom is 0.262 e. The highest BCUT2D eigenvalue weighted by molar-refractivity contribution is 7.99. The normalized spacial score (nSPS) is 11.0. The van der Waals surface area contributed by atoms with Gasteiger partial charge in [-0.2, -0.15) is 0 Å². The number of thioether (sulfide) groups is 1. The van der Waals surface area contributed by atoms with E-state index in [4.69, 9.17) is 5.73 Å². The van der Waals surface area contributed by atoms with Crippen LogP contribution >= 0.6 is 11.8 Å². The van der Waals surface area contributed by atoms with Crippen LogP contribution in [0.3, 0.4) is 0 Å². The van der Waals surface area contributed by atoms with Crippen LogP contribution in [-0.4, -0.2) is 43.4 Å². The van der Waals surface area contributed by atoms with Crippen LogP contribution in [0.15, 0.2) is 70.6 Å². The van der Waals surface area contributed by atoms with Gasteiger partial charge < -0.3 is 11.1 Å². The summed E-state index contributed by atoms with van der Waals surface area (Å²) in [5.74, 6) is -0.0226. The number of amides is 1. The van der Waals surface area contributed by atoms with Gasteiger partial charge in [-0.1, -0.05) is 54.2 Å². The number of nitrogens with two attached hydrogens (primary N) is 1. The predicted molar refractivity (Wildman–Crippen MR) is 141 cm³/mol. The Labute approximate surface area is 212 Å². The van der Waals surface area contributed by atoms with Gasteiger partial charge >= 0.3 is 0 Å². The van der Waals surface area contributed by atoms with Gasteiger partial charge in [-0.15, -0.1) is 5.10 Å². The average molecular weight is 505 g/mol. The quantitative estimate of drug-likeness (QED) is 0.251. The van der Waals surface area contributed by atoms with E-state index in [1.807, 2.05) is 36.4 Å². The van der Waals surface area contributed by atoms with Crippen molar-refractivity contribution in [3.8, 4) is 0 Å². The number of benzene rings is 2. The number of hydrogen-bond donors (Lipinski definition) is 2. The SMILES string of the molecule is Cc1cc(N)nn1C(=O)CSc1nc2ccccc2c(=O)n1CCCC(=O)NCCc1ccccc1. The van der Waals surface area contributed by atoms with E-state index in [0.717, 1.165) is 12.0 Å². The molecule has 0 saturated carbocycles. The minimum Gasteiger partial charge on any atom is -0.382 e. The Morgan fingerprint density at radius 2 is 1.83 bits per heavy atom. The standard InChI is InChI=1S/C26H28N6O3S/c1-18-16-22(27)30-32(18)24(34)17-36-26-29-21-11-6-5-10-20(21)25(35)31(26)15-7-12-23(33)28-14-13-19-8-3-2-4-9-19/h2-6,8-11,16H,7,12-15,17H2,1H3,(H2,27,30)(H,28,33). The van der Waals surface area contributed by atoms with Gasteiger partial charge in [-0.05, 0) is 37.5 Å². The number of carbonyl (C=O) groups excluding carboxylic acids is 2. The molecule has 36 heavy (non-hydrogen) atoms. The molecule has 0 aliphatic heterocycles. The molecule has 2 aromatic heterocycles. The Hall–Kier alpha value is -3.92. The molecule has 0 spiro atoms. The lowest BCUT2D eigenvalue weighted by Crippen LogP contribution is -2.27. The third-order valence-corrected chi connectivity index (χ3v) is 6.62. The molecule has 0 saturated heterocycles. The average Bonchev–Trinajstić information content (AvgIpc) is 3.22. The largest absolute Gasteiger partial charge is 0.382 e. The molecule has 1 amide bonds. The molecule has 0 atom stereocenters. The Kier molecular flexibility index (Phi) is 8.17. The topological polar surface area (TPSA) is 125 Å². The van der Waals surface area contributed by atoms with Crippen LogP contribution in [0.5, 0.6) is 0 Å². The highest BCUT2D eigenvalue weighted by atomic mass is 32.2. The molecule has 186 valence electrons. The first-order valence-electron chi connectivity index (χ1n) is 11.7. The summed E-state index contributed by atoms with van der Waals surface area (Å²) in [6, 6.07) is 18.7. The van der Waals surface area contributed by atoms with E-state index in [0.29, 0.717) is 41.3 Å². The maximum atomic E-state index is 13.2. The molecule has 2 heterocycles. The van der Waals surface area contributed by atoms with Crippen molar-refractivity contribution in [3.05, 3.63) is 82.3 Å². The van der Waals surface area contributed by atoms with E-state index in [2.05, 4.69) is 15.4 Å². The lowest BCUT2D eigenvalue weighted by Gasteiger charge is -2.13. The Bertz CT molecular complexity index is 1430. The number of aryl methyl sites for hydroxylation is 1. The summed E-state index contributed by atoms with van der Waals surface area (Å²) in [5.41, 5.74) is 7.86. The van der Waals surface area contributed by atoms with Gasteiger partial charge in [0.15, 0.2) is 5.16 Å². The third kappa shape index (κ3) is 6.19. The summed E-state index contributed by atoms with van der Waals surface area (Å²) >= 11 is 1.17. The zero-order valence-corrected chi connectivity index (χ0v) is 20.8. The zero-order chi connectivity index (χ0) is 25.5. The Morgan fingerprint density at radius 3 is 2.58 bits per heavy atom. The highest BCUT2D eigenvalue weighted by Gasteiger charge is 2.16. The van der Waals surface area contributed by atoms with Gasteiger partial charge in [0, 0.05) is 31.3 Å². The molecule has 0 radical (unpaired) electrons. The molecule has 4 rings (SSSR count). The van der Waals surface area contributed by atoms with Gasteiger partial charge in [0.1, 0.15) is 5.82 Å². The second-order valence-corrected chi connectivity index (χ2v) is 9.30. The molecule has 10 heteroatoms. The number of nitrogens with zero attached hydrogens (tertiary/aromatic N) is 4. The van der Waals surface area contributed by atoms with Crippen LogP contribution in [0.4, 0.5) is 5.82 Å². The van der Waals surface area contributed by atoms with Crippen molar-refractivity contribution in [1.29, 1.82) is 0 Å². The number of nitrogens with one attached hydrogen (secondary N) is 1. The van der Waals surface area contributed by atoms with Crippen LogP contribution in [0, 0.1) is 6.92 Å². The Balaban J connectivity index is 1.41. The lowest BCUT2D eigenvalue weighted by atomic mass is 10.1. The molecule has 0 fully saturated rings. The first kappa shape index (κ1) is 25.2. The predicted octanol–water partition coefficient (Wildman–Crippen LogP) is 3.06. The van der Waals surface area contributed by atoms with Crippen molar-refractivity contribution in [1.82, 2.24) is 24.6 Å². The fourth-order valence-corrected chi connectivity index (χ4v) is 4.74. The fourth-order valence-electron chi connectivity index (χ4n) is 3.87. The number of nitrogen functional groups attached to an aromatic ring is 1. The maximum absolute atomic E-state index is 13.2. The number of carbonyl (C=O) groups is 2. The summed E-state index contributed by atoms with van der Waals surface area (Å²) in [4.78, 5) is 42.8. The summed E-state index contributed by atoms with van der Waals surface area (Å²) < 4.78 is 2.80. The van der Waals surface area contributed by atoms with Crippen molar-refractivity contribution >= 4 is 40.3 Å². The molecule has 3 N–H and O–H groups in total. The van der Waals surface area contributed by atoms with Crippen molar-refractivity contribution in [2.24, 2.45) is 0 Å². The van der Waals surface area contributed by atoms with Crippen LogP contribution in [0.1, 0.15) is 28.9 Å². The van der Waals surface area contributed by atoms with E-state index in [9.17, 15) is 14.4 Å². The molecule has 0 unspecified atom stereocenters. The van der Waals surface area contributed by atoms with E-state index in [1.54, 1.807) is 35.8 Å². The first-order chi connectivity index (χ1) is 17.4. The molecule has 4 aromatic rings. The monoisotopic (exact) mass is 504 g/mol. The summed E-state index contributed by atoms with van der Waals surface area (Å²) in [6.07, 6.45) is 1.51. The lowest BCUT2D eigenvalue weighted by molar-refractivity contribution is -0.121. The minimum absolute atomic E-state index is 0.0344. The second kappa shape index (κ2) is 11.7. The minimum atomic E-state index is -0.263. The number of fused-ring (bicyclic) bond motifs is 1. The van der Waals surface area contributed by atoms with E-state index < -0.39 is 0 Å². The second-order valence-electron chi connectivity index (χ2n) is 8.36. The van der Waals surface area contributed by atoms with Gasteiger partial charge in [0.2, 0.25) is 5.91 Å². The van der Waals surface area contributed by atoms with Crippen LogP contribution in [0.25, 0.3) is 10.9 Å². The fraction of sp³-hybridized carbons (Fsp3) is 0.269. The Morgan fingerprint density at radius 1 is 1.08 bits per heavy atom. The smallest absolute Gasteiger partial charge is 0.262 e. The van der Waals surface area contributed by atoms with Crippen molar-refractivity contribution < 1.29 is 9.59 Å². The van der Waals surface area contributed by atoms with Gasteiger partial charge in [0.05, 0.1) is 16.7 Å². The van der Waals surface area contributed by atoms with Crippen LogP contribution in [-0.2, 0) is 17.8 Å². The first-order valence-corrected chi connectivity index (χ1v) is 12.7. The molecular formula is C26H28N6O3S. The summed E-state index contributed by atoms with van der Waals surface area (Å²) in [6.45, 7) is 2.62. The zero-order valence-electron chi connectivity index (χ0n) is 20.0. The summed E-state index contributed by atoms with van der Waals surface area (Å²) in [5, 5.41) is 7.88. The van der Waals surface area contributed by atoms with E-state index in [1.165, 1.54) is 16.4 Å². The molecule has 0 aliphatic carbocycles. The van der Waals surface area contributed by atoms with Crippen molar-refractivity contribution in [2.45, 2.75) is 37.9 Å². The van der Waals surface area contributed by atoms with Crippen molar-refractivity contribution in [3.63, 3.8) is 0 Å². The summed E-state index contributed by atoms with van der Waals surface area (Å²) in [7, 11) is 0. The number of para-hydroxylation sites is 1. The van der Waals surface area contributed by atoms with E-state index >= 15 is 0 Å². The van der Waals surface area contributed by atoms with Crippen molar-refractivity contribution in [2.75, 3.05) is 18.0 Å². The van der Waals surface area contributed by atoms with Gasteiger partial charge in [-0.3, -0.25) is 19.0 Å². The van der Waals surface area contributed by atoms with E-state index in [-0.39, 0.29) is 35.4 Å². The van der Waals surface area contributed by atoms with Crippen LogP contribution in [0.2, 0.25) is 0 Å². The number of hydrogen-bond acceptors (Lipinski definition) is 7. The molecule has 0 bridgehead atoms. The molecule has 9 nitrogen and oxygen atoms in total.